The molecule has 188 valence electrons. The predicted molar refractivity (Wildman–Crippen MR) is 149 cm³/mol. The first-order valence-corrected chi connectivity index (χ1v) is 12.9. The number of likely N-dealkylation sites (N-methyl/N-ethyl adjacent to an activating group) is 1. The van der Waals surface area contributed by atoms with Crippen LogP contribution in [-0.2, 0) is 13.1 Å². The molecule has 4 aromatic carbocycles. The predicted octanol–water partition coefficient (Wildman–Crippen LogP) is 5.20. The van der Waals surface area contributed by atoms with Crippen molar-refractivity contribution in [1.82, 2.24) is 9.80 Å². The van der Waals surface area contributed by atoms with Crippen molar-refractivity contribution in [3.63, 3.8) is 0 Å². The molecule has 4 aromatic rings. The van der Waals surface area contributed by atoms with Gasteiger partial charge < -0.3 is 19.9 Å². The smallest absolute Gasteiger partial charge is 0.255 e. The third kappa shape index (κ3) is 5.17. The summed E-state index contributed by atoms with van der Waals surface area (Å²) in [5, 5.41) is 5.46. The minimum atomic E-state index is -0.113. The molecule has 6 nitrogen and oxygen atoms in total. The largest absolute Gasteiger partial charge is 0.473 e. The van der Waals surface area contributed by atoms with Crippen LogP contribution < -0.4 is 15.0 Å². The van der Waals surface area contributed by atoms with E-state index in [1.807, 2.05) is 36.4 Å². The van der Waals surface area contributed by atoms with Gasteiger partial charge >= 0.3 is 0 Å². The molecule has 37 heavy (non-hydrogen) atoms. The number of rotatable bonds is 5. The van der Waals surface area contributed by atoms with Crippen LogP contribution in [0.1, 0.15) is 21.5 Å². The second-order valence-electron chi connectivity index (χ2n) is 10.0. The zero-order valence-corrected chi connectivity index (χ0v) is 21.2. The number of anilines is 2. The summed E-state index contributed by atoms with van der Waals surface area (Å²) in [5.41, 5.74) is 4.84. The van der Waals surface area contributed by atoms with Crippen LogP contribution in [0.3, 0.4) is 0 Å². The van der Waals surface area contributed by atoms with Crippen LogP contribution in [0.15, 0.2) is 84.9 Å². The maximum Gasteiger partial charge on any atom is 0.255 e. The molecule has 1 fully saturated rings. The van der Waals surface area contributed by atoms with Crippen LogP contribution in [0.2, 0.25) is 0 Å². The van der Waals surface area contributed by atoms with E-state index in [1.54, 1.807) is 0 Å². The highest BCUT2D eigenvalue weighted by Gasteiger charge is 2.21. The molecule has 1 saturated heterocycles. The highest BCUT2D eigenvalue weighted by molar-refractivity contribution is 6.04. The number of amides is 1. The number of piperazine rings is 1. The Labute approximate surface area is 218 Å². The molecule has 0 atom stereocenters. The van der Waals surface area contributed by atoms with Crippen LogP contribution in [0.5, 0.6) is 5.75 Å². The molecule has 0 spiro atoms. The van der Waals surface area contributed by atoms with Crippen molar-refractivity contribution in [2.75, 3.05) is 50.2 Å². The Kier molecular flexibility index (Phi) is 6.51. The lowest BCUT2D eigenvalue weighted by Crippen LogP contribution is -2.43. The summed E-state index contributed by atoms with van der Waals surface area (Å²) >= 11 is 0. The van der Waals surface area contributed by atoms with Crippen molar-refractivity contribution >= 4 is 28.1 Å². The molecule has 2 aliphatic rings. The van der Waals surface area contributed by atoms with Gasteiger partial charge in [-0.05, 0) is 59.8 Å². The van der Waals surface area contributed by atoms with E-state index >= 15 is 0 Å². The summed E-state index contributed by atoms with van der Waals surface area (Å²) < 4.78 is 6.08. The molecule has 6 rings (SSSR count). The van der Waals surface area contributed by atoms with Crippen molar-refractivity contribution in [1.29, 1.82) is 0 Å². The Balaban J connectivity index is 1.12. The summed E-state index contributed by atoms with van der Waals surface area (Å²) in [4.78, 5) is 20.1. The minimum absolute atomic E-state index is 0.113. The molecule has 1 N–H and O–H groups in total. The molecule has 0 bridgehead atoms. The third-order valence-electron chi connectivity index (χ3n) is 7.41. The zero-order chi connectivity index (χ0) is 25.2. The molecule has 0 unspecified atom stereocenters. The maximum atomic E-state index is 13.1. The number of hydrogen-bond acceptors (Lipinski definition) is 5. The van der Waals surface area contributed by atoms with Gasteiger partial charge in [0.05, 0.1) is 6.54 Å². The Morgan fingerprint density at radius 3 is 2.54 bits per heavy atom. The lowest BCUT2D eigenvalue weighted by atomic mass is 10.0. The summed E-state index contributed by atoms with van der Waals surface area (Å²) in [6.07, 6.45) is 0. The van der Waals surface area contributed by atoms with Crippen LogP contribution in [0, 0.1) is 0 Å². The lowest BCUT2D eigenvalue weighted by molar-refractivity contribution is 0.102. The van der Waals surface area contributed by atoms with E-state index in [9.17, 15) is 4.79 Å². The van der Waals surface area contributed by atoms with Gasteiger partial charge in [0.1, 0.15) is 5.75 Å². The average Bonchev–Trinajstić information content (AvgIpc) is 2.95. The Morgan fingerprint density at radius 1 is 0.892 bits per heavy atom. The molecule has 0 aromatic heterocycles. The van der Waals surface area contributed by atoms with Gasteiger partial charge in [0.15, 0.2) is 6.73 Å². The van der Waals surface area contributed by atoms with Crippen molar-refractivity contribution in [3.8, 4) is 5.75 Å². The van der Waals surface area contributed by atoms with Crippen molar-refractivity contribution in [2.24, 2.45) is 0 Å². The second kappa shape index (κ2) is 10.2. The van der Waals surface area contributed by atoms with E-state index in [1.165, 1.54) is 21.9 Å². The van der Waals surface area contributed by atoms with Gasteiger partial charge in [-0.25, -0.2) is 0 Å². The SMILES string of the molecule is CN1CCN(Cc2ccc(NC(=O)c3cccc(N4COc5ccc6ccccc6c5C4)c3)cc2)CC1. The normalized spacial score (nSPS) is 16.3. The van der Waals surface area contributed by atoms with Crippen LogP contribution in [-0.4, -0.2) is 55.7 Å². The molecule has 2 aliphatic heterocycles. The van der Waals surface area contributed by atoms with Crippen molar-refractivity contribution in [2.45, 2.75) is 13.1 Å². The first-order valence-electron chi connectivity index (χ1n) is 12.9. The Hall–Kier alpha value is -3.87. The summed E-state index contributed by atoms with van der Waals surface area (Å²) in [5.74, 6) is 0.817. The van der Waals surface area contributed by atoms with Gasteiger partial charge in [-0.3, -0.25) is 9.69 Å². The van der Waals surface area contributed by atoms with Gasteiger partial charge in [-0.2, -0.15) is 0 Å². The number of ether oxygens (including phenoxy) is 1. The van der Waals surface area contributed by atoms with E-state index in [-0.39, 0.29) is 5.91 Å². The number of carbonyl (C=O) groups excluding carboxylic acids is 1. The van der Waals surface area contributed by atoms with Crippen LogP contribution in [0.25, 0.3) is 10.8 Å². The number of fused-ring (bicyclic) bond motifs is 3. The van der Waals surface area contributed by atoms with E-state index < -0.39 is 0 Å². The monoisotopic (exact) mass is 492 g/mol. The minimum Gasteiger partial charge on any atom is -0.473 e. The summed E-state index contributed by atoms with van der Waals surface area (Å²) in [7, 11) is 2.17. The molecule has 2 heterocycles. The maximum absolute atomic E-state index is 13.1. The fourth-order valence-electron chi connectivity index (χ4n) is 5.17. The molecular formula is C31H32N4O2. The van der Waals surface area contributed by atoms with Crippen LogP contribution >= 0.6 is 0 Å². The highest BCUT2D eigenvalue weighted by Crippen LogP contribution is 2.34. The van der Waals surface area contributed by atoms with Crippen LogP contribution in [0.4, 0.5) is 11.4 Å². The first-order chi connectivity index (χ1) is 18.1. The third-order valence-corrected chi connectivity index (χ3v) is 7.41. The first kappa shape index (κ1) is 23.5. The Bertz CT molecular complexity index is 1410. The number of benzene rings is 4. The number of nitrogens with one attached hydrogen (secondary N) is 1. The van der Waals surface area contributed by atoms with E-state index in [0.29, 0.717) is 12.3 Å². The van der Waals surface area contributed by atoms with Crippen molar-refractivity contribution in [3.05, 3.63) is 102 Å². The van der Waals surface area contributed by atoms with E-state index in [2.05, 4.69) is 75.6 Å². The van der Waals surface area contributed by atoms with Gasteiger partial charge in [0.25, 0.3) is 5.91 Å². The summed E-state index contributed by atoms with van der Waals surface area (Å²) in [6, 6.07) is 28.5. The Morgan fingerprint density at radius 2 is 1.70 bits per heavy atom. The highest BCUT2D eigenvalue weighted by atomic mass is 16.5. The molecule has 1 amide bonds. The molecule has 6 heteroatoms. The number of carbonyl (C=O) groups is 1. The summed E-state index contributed by atoms with van der Waals surface area (Å²) in [6.45, 7) is 6.53. The topological polar surface area (TPSA) is 48.0 Å². The van der Waals surface area contributed by atoms with Gasteiger partial charge in [0.2, 0.25) is 0 Å². The molecule has 0 saturated carbocycles. The quantitative estimate of drug-likeness (QED) is 0.415. The molecular weight excluding hydrogens is 460 g/mol. The average molecular weight is 493 g/mol. The fraction of sp³-hybridized carbons (Fsp3) is 0.258. The standard InChI is InChI=1S/C31H32N4O2/c1-33-15-17-34(18-16-33)20-23-9-12-26(13-10-23)32-31(36)25-6-4-7-27(19-25)35-21-29-28-8-3-2-5-24(28)11-14-30(29)37-22-35/h2-14,19H,15-18,20-22H2,1H3,(H,32,36). The van der Waals surface area contributed by atoms with Gasteiger partial charge in [-0.15, -0.1) is 0 Å². The molecule has 0 radical (unpaired) electrons. The van der Waals surface area contributed by atoms with E-state index in [4.69, 9.17) is 4.74 Å². The van der Waals surface area contributed by atoms with Crippen molar-refractivity contribution < 1.29 is 9.53 Å². The van der Waals surface area contributed by atoms with E-state index in [0.717, 1.165) is 56.4 Å². The van der Waals surface area contributed by atoms with Gasteiger partial charge in [-0.1, -0.05) is 48.5 Å². The number of nitrogens with zero attached hydrogens (tertiary/aromatic N) is 3. The lowest BCUT2D eigenvalue weighted by Gasteiger charge is -2.32. The molecule has 0 aliphatic carbocycles. The van der Waals surface area contributed by atoms with Gasteiger partial charge in [0, 0.05) is 55.2 Å². The second-order valence-corrected chi connectivity index (χ2v) is 10.0. The zero-order valence-electron chi connectivity index (χ0n) is 21.2. The fourth-order valence-corrected chi connectivity index (χ4v) is 5.17. The number of hydrogen-bond donors (Lipinski definition) is 1.